The Morgan fingerprint density at radius 1 is 1.38 bits per heavy atom. The second-order valence-corrected chi connectivity index (χ2v) is 4.27. The minimum Gasteiger partial charge on any atom is -0.366 e. The lowest BCUT2D eigenvalue weighted by molar-refractivity contribution is 0.0999. The highest BCUT2D eigenvalue weighted by Crippen LogP contribution is 2.24. The van der Waals surface area contributed by atoms with Gasteiger partial charge in [-0.25, -0.2) is 9.97 Å². The highest BCUT2D eigenvalue weighted by atomic mass is 16.1. The Balaban J connectivity index is 2.07. The van der Waals surface area contributed by atoms with Crippen molar-refractivity contribution in [2.45, 2.75) is 18.8 Å². The molecule has 1 aliphatic rings. The third-order valence-electron chi connectivity index (χ3n) is 3.04. The fraction of sp³-hybridized carbons (Fsp3) is 0.545. The molecule has 5 heteroatoms. The van der Waals surface area contributed by atoms with Crippen LogP contribution in [0.5, 0.6) is 0 Å². The molecule has 1 aliphatic heterocycles. The Labute approximate surface area is 94.7 Å². The number of piperidine rings is 1. The van der Waals surface area contributed by atoms with Gasteiger partial charge in [0.05, 0.1) is 5.56 Å². The van der Waals surface area contributed by atoms with Crippen LogP contribution in [0, 0.1) is 0 Å². The van der Waals surface area contributed by atoms with Crippen LogP contribution in [0.1, 0.15) is 34.9 Å². The van der Waals surface area contributed by atoms with E-state index in [0.29, 0.717) is 11.5 Å². The molecule has 2 N–H and O–H groups in total. The molecular formula is C11H16N4O. The van der Waals surface area contributed by atoms with E-state index in [2.05, 4.69) is 21.9 Å². The van der Waals surface area contributed by atoms with E-state index in [1.807, 2.05) is 0 Å². The summed E-state index contributed by atoms with van der Waals surface area (Å²) < 4.78 is 0. The zero-order valence-electron chi connectivity index (χ0n) is 9.39. The van der Waals surface area contributed by atoms with Crippen molar-refractivity contribution in [1.29, 1.82) is 0 Å². The Kier molecular flexibility index (Phi) is 3.14. The third-order valence-corrected chi connectivity index (χ3v) is 3.04. The van der Waals surface area contributed by atoms with Crippen molar-refractivity contribution in [3.8, 4) is 0 Å². The predicted octanol–water partition coefficient (Wildman–Crippen LogP) is 0.385. The standard InChI is InChI=1S/C11H16N4O/c1-15-4-2-8(3-5-15)11-13-6-9(7-14-11)10(12)16/h6-8H,2-5H2,1H3,(H2,12,16). The van der Waals surface area contributed by atoms with E-state index in [9.17, 15) is 4.79 Å². The number of nitrogens with zero attached hydrogens (tertiary/aromatic N) is 3. The maximum absolute atomic E-state index is 10.9. The first-order valence-corrected chi connectivity index (χ1v) is 5.47. The van der Waals surface area contributed by atoms with Crippen LogP contribution in [0.3, 0.4) is 0 Å². The maximum atomic E-state index is 10.9. The summed E-state index contributed by atoms with van der Waals surface area (Å²) in [6.07, 6.45) is 5.19. The van der Waals surface area contributed by atoms with Crippen molar-refractivity contribution in [2.24, 2.45) is 5.73 Å². The molecule has 5 nitrogen and oxygen atoms in total. The molecule has 1 saturated heterocycles. The monoisotopic (exact) mass is 220 g/mol. The van der Waals surface area contributed by atoms with Gasteiger partial charge in [-0.05, 0) is 33.0 Å². The van der Waals surface area contributed by atoms with Crippen LogP contribution in [-0.2, 0) is 0 Å². The average molecular weight is 220 g/mol. The number of hydrogen-bond donors (Lipinski definition) is 1. The van der Waals surface area contributed by atoms with E-state index >= 15 is 0 Å². The van der Waals surface area contributed by atoms with Crippen molar-refractivity contribution in [3.63, 3.8) is 0 Å². The number of nitrogens with two attached hydrogens (primary N) is 1. The largest absolute Gasteiger partial charge is 0.366 e. The molecule has 1 aromatic rings. The Bertz CT molecular complexity index is 368. The molecule has 1 amide bonds. The summed E-state index contributed by atoms with van der Waals surface area (Å²) in [5.74, 6) is 0.770. The Hall–Kier alpha value is -1.49. The molecule has 16 heavy (non-hydrogen) atoms. The Morgan fingerprint density at radius 2 is 1.94 bits per heavy atom. The number of carbonyl (C=O) groups is 1. The van der Waals surface area contributed by atoms with Gasteiger partial charge in [-0.3, -0.25) is 4.79 Å². The van der Waals surface area contributed by atoms with E-state index in [-0.39, 0.29) is 0 Å². The number of likely N-dealkylation sites (tertiary alicyclic amines) is 1. The minimum absolute atomic E-state index is 0.372. The van der Waals surface area contributed by atoms with E-state index in [1.165, 1.54) is 12.4 Å². The SMILES string of the molecule is CN1CCC(c2ncc(C(N)=O)cn2)CC1. The molecule has 0 unspecified atom stereocenters. The molecule has 0 atom stereocenters. The van der Waals surface area contributed by atoms with Gasteiger partial charge < -0.3 is 10.6 Å². The van der Waals surface area contributed by atoms with Crippen LogP contribution in [-0.4, -0.2) is 40.9 Å². The summed E-state index contributed by atoms with van der Waals surface area (Å²) in [5.41, 5.74) is 5.51. The summed E-state index contributed by atoms with van der Waals surface area (Å²) in [5, 5.41) is 0. The van der Waals surface area contributed by atoms with Crippen LogP contribution in [0.4, 0.5) is 0 Å². The predicted molar refractivity (Wildman–Crippen MR) is 60.0 cm³/mol. The van der Waals surface area contributed by atoms with E-state index in [0.717, 1.165) is 31.8 Å². The molecule has 86 valence electrons. The third kappa shape index (κ3) is 2.36. The number of carbonyl (C=O) groups excluding carboxylic acids is 1. The van der Waals surface area contributed by atoms with Crippen LogP contribution >= 0.6 is 0 Å². The molecular weight excluding hydrogens is 204 g/mol. The molecule has 0 aromatic carbocycles. The van der Waals surface area contributed by atoms with Gasteiger partial charge in [-0.1, -0.05) is 0 Å². The van der Waals surface area contributed by atoms with Gasteiger partial charge in [0, 0.05) is 18.3 Å². The summed E-state index contributed by atoms with van der Waals surface area (Å²) in [4.78, 5) is 21.6. The van der Waals surface area contributed by atoms with Gasteiger partial charge in [0.2, 0.25) is 0 Å². The normalized spacial score (nSPS) is 18.6. The van der Waals surface area contributed by atoms with Crippen molar-refractivity contribution in [3.05, 3.63) is 23.8 Å². The molecule has 0 radical (unpaired) electrons. The zero-order valence-corrected chi connectivity index (χ0v) is 9.39. The number of amides is 1. The van der Waals surface area contributed by atoms with Crippen LogP contribution < -0.4 is 5.73 Å². The van der Waals surface area contributed by atoms with Gasteiger partial charge >= 0.3 is 0 Å². The maximum Gasteiger partial charge on any atom is 0.251 e. The first kappa shape index (κ1) is 11.0. The number of rotatable bonds is 2. The van der Waals surface area contributed by atoms with Gasteiger partial charge in [-0.15, -0.1) is 0 Å². The second kappa shape index (κ2) is 4.57. The van der Waals surface area contributed by atoms with Gasteiger partial charge in [-0.2, -0.15) is 0 Å². The molecule has 2 rings (SSSR count). The van der Waals surface area contributed by atoms with Crippen LogP contribution in [0.2, 0.25) is 0 Å². The summed E-state index contributed by atoms with van der Waals surface area (Å²) in [6.45, 7) is 2.15. The first-order valence-electron chi connectivity index (χ1n) is 5.47. The molecule has 0 bridgehead atoms. The summed E-state index contributed by atoms with van der Waals surface area (Å²) in [6, 6.07) is 0. The van der Waals surface area contributed by atoms with Crippen molar-refractivity contribution in [1.82, 2.24) is 14.9 Å². The van der Waals surface area contributed by atoms with Gasteiger partial charge in [0.15, 0.2) is 0 Å². The highest BCUT2D eigenvalue weighted by molar-refractivity contribution is 5.92. The molecule has 2 heterocycles. The molecule has 0 spiro atoms. The molecule has 1 fully saturated rings. The lowest BCUT2D eigenvalue weighted by atomic mass is 9.96. The highest BCUT2D eigenvalue weighted by Gasteiger charge is 2.20. The van der Waals surface area contributed by atoms with E-state index in [4.69, 9.17) is 5.73 Å². The molecule has 1 aromatic heterocycles. The van der Waals surface area contributed by atoms with E-state index < -0.39 is 5.91 Å². The quantitative estimate of drug-likeness (QED) is 0.782. The zero-order chi connectivity index (χ0) is 11.5. The average Bonchev–Trinajstić information content (AvgIpc) is 2.30. The van der Waals surface area contributed by atoms with Crippen molar-refractivity contribution < 1.29 is 4.79 Å². The minimum atomic E-state index is -0.477. The number of hydrogen-bond acceptors (Lipinski definition) is 4. The first-order chi connectivity index (χ1) is 7.66. The summed E-state index contributed by atoms with van der Waals surface area (Å²) in [7, 11) is 2.12. The number of primary amides is 1. The molecule has 0 aliphatic carbocycles. The fourth-order valence-corrected chi connectivity index (χ4v) is 1.94. The topological polar surface area (TPSA) is 72.1 Å². The Morgan fingerprint density at radius 3 is 2.44 bits per heavy atom. The second-order valence-electron chi connectivity index (χ2n) is 4.27. The van der Waals surface area contributed by atoms with Gasteiger partial charge in [0.1, 0.15) is 5.82 Å². The van der Waals surface area contributed by atoms with Crippen LogP contribution in [0.15, 0.2) is 12.4 Å². The van der Waals surface area contributed by atoms with Crippen LogP contribution in [0.25, 0.3) is 0 Å². The molecule has 0 saturated carbocycles. The lowest BCUT2D eigenvalue weighted by Gasteiger charge is -2.27. The van der Waals surface area contributed by atoms with Crippen molar-refractivity contribution in [2.75, 3.05) is 20.1 Å². The number of aromatic nitrogens is 2. The van der Waals surface area contributed by atoms with E-state index in [1.54, 1.807) is 0 Å². The van der Waals surface area contributed by atoms with Crippen molar-refractivity contribution >= 4 is 5.91 Å². The smallest absolute Gasteiger partial charge is 0.251 e. The lowest BCUT2D eigenvalue weighted by Crippen LogP contribution is -2.30. The summed E-state index contributed by atoms with van der Waals surface area (Å²) >= 11 is 0. The van der Waals surface area contributed by atoms with Gasteiger partial charge in [0.25, 0.3) is 5.91 Å². The fourth-order valence-electron chi connectivity index (χ4n) is 1.94.